The van der Waals surface area contributed by atoms with Crippen LogP contribution in [0.1, 0.15) is 32.6 Å². The highest BCUT2D eigenvalue weighted by atomic mass is 16.2. The number of nitriles is 1. The van der Waals surface area contributed by atoms with E-state index in [0.717, 1.165) is 12.8 Å². The Morgan fingerprint density at radius 2 is 2.20 bits per heavy atom. The van der Waals surface area contributed by atoms with E-state index < -0.39 is 11.4 Å². The van der Waals surface area contributed by atoms with E-state index in [1.165, 1.54) is 0 Å². The predicted molar refractivity (Wildman–Crippen MR) is 53.3 cm³/mol. The van der Waals surface area contributed by atoms with Gasteiger partial charge in [-0.05, 0) is 19.3 Å². The Labute approximate surface area is 88.6 Å². The van der Waals surface area contributed by atoms with Crippen LogP contribution in [0.4, 0.5) is 0 Å². The first-order valence-corrected chi connectivity index (χ1v) is 5.01. The van der Waals surface area contributed by atoms with Gasteiger partial charge in [-0.25, -0.2) is 0 Å². The van der Waals surface area contributed by atoms with E-state index in [1.54, 1.807) is 6.92 Å². The molecule has 0 heterocycles. The van der Waals surface area contributed by atoms with Crippen molar-refractivity contribution in [1.82, 2.24) is 5.32 Å². The van der Waals surface area contributed by atoms with Crippen LogP contribution in [-0.2, 0) is 9.59 Å². The van der Waals surface area contributed by atoms with Crippen molar-refractivity contribution < 1.29 is 9.59 Å². The van der Waals surface area contributed by atoms with Gasteiger partial charge in [0.15, 0.2) is 0 Å². The third-order valence-electron chi connectivity index (χ3n) is 2.63. The molecule has 1 aliphatic carbocycles. The second kappa shape index (κ2) is 4.30. The van der Waals surface area contributed by atoms with E-state index in [-0.39, 0.29) is 18.2 Å². The van der Waals surface area contributed by atoms with Crippen LogP contribution in [0.25, 0.3) is 0 Å². The lowest BCUT2D eigenvalue weighted by atomic mass is 10.0. The lowest BCUT2D eigenvalue weighted by Gasteiger charge is -2.10. The first-order chi connectivity index (χ1) is 6.99. The quantitative estimate of drug-likeness (QED) is 0.670. The van der Waals surface area contributed by atoms with Crippen LogP contribution < -0.4 is 11.1 Å². The summed E-state index contributed by atoms with van der Waals surface area (Å²) in [6.45, 7) is 1.69. The zero-order valence-corrected chi connectivity index (χ0v) is 8.75. The molecule has 0 bridgehead atoms. The minimum atomic E-state index is -0.618. The highest BCUT2D eigenvalue weighted by molar-refractivity contribution is 5.80. The van der Waals surface area contributed by atoms with Crippen molar-refractivity contribution in [3.8, 4) is 6.07 Å². The molecule has 0 radical (unpaired) electrons. The zero-order chi connectivity index (χ0) is 11.5. The van der Waals surface area contributed by atoms with Crippen molar-refractivity contribution in [2.45, 2.75) is 38.1 Å². The summed E-state index contributed by atoms with van der Waals surface area (Å²) in [4.78, 5) is 22.1. The van der Waals surface area contributed by atoms with Crippen molar-refractivity contribution >= 4 is 11.8 Å². The van der Waals surface area contributed by atoms with E-state index >= 15 is 0 Å². The Morgan fingerprint density at radius 3 is 2.60 bits per heavy atom. The fraction of sp³-hybridized carbons (Fsp3) is 0.700. The van der Waals surface area contributed by atoms with Crippen LogP contribution in [-0.4, -0.2) is 17.4 Å². The van der Waals surface area contributed by atoms with Gasteiger partial charge in [-0.1, -0.05) is 6.92 Å². The molecule has 1 aliphatic rings. The Morgan fingerprint density at radius 1 is 1.60 bits per heavy atom. The number of amides is 2. The van der Waals surface area contributed by atoms with Gasteiger partial charge in [0, 0.05) is 12.3 Å². The van der Waals surface area contributed by atoms with Gasteiger partial charge in [-0.3, -0.25) is 9.59 Å². The van der Waals surface area contributed by atoms with Crippen LogP contribution >= 0.6 is 0 Å². The predicted octanol–water partition coefficient (Wildman–Crippen LogP) is 0.0604. The molecule has 0 aromatic rings. The molecular weight excluding hydrogens is 194 g/mol. The van der Waals surface area contributed by atoms with Crippen LogP contribution in [0.2, 0.25) is 0 Å². The minimum absolute atomic E-state index is 0.179. The highest BCUT2D eigenvalue weighted by Gasteiger charge is 2.44. The zero-order valence-electron chi connectivity index (χ0n) is 8.75. The Bertz CT molecular complexity index is 315. The number of hydrogen-bond acceptors (Lipinski definition) is 3. The second-order valence-electron chi connectivity index (χ2n) is 4.08. The number of nitrogens with zero attached hydrogens (tertiary/aromatic N) is 1. The molecule has 0 saturated heterocycles. The molecule has 15 heavy (non-hydrogen) atoms. The van der Waals surface area contributed by atoms with Gasteiger partial charge in [-0.15, -0.1) is 0 Å². The summed E-state index contributed by atoms with van der Waals surface area (Å²) in [5.41, 5.74) is 4.45. The second-order valence-corrected chi connectivity index (χ2v) is 4.08. The summed E-state index contributed by atoms with van der Waals surface area (Å²) in [5.74, 6) is -0.876. The summed E-state index contributed by atoms with van der Waals surface area (Å²) in [5, 5.41) is 11.4. The van der Waals surface area contributed by atoms with E-state index in [0.29, 0.717) is 6.42 Å². The maximum atomic E-state index is 11.4. The normalized spacial score (nSPS) is 18.7. The minimum Gasteiger partial charge on any atom is -0.369 e. The van der Waals surface area contributed by atoms with Crippen molar-refractivity contribution in [3.05, 3.63) is 0 Å². The number of rotatable bonds is 5. The Kier molecular flexibility index (Phi) is 3.30. The number of primary amides is 1. The molecule has 2 amide bonds. The summed E-state index contributed by atoms with van der Waals surface area (Å²) < 4.78 is 0. The molecule has 0 unspecified atom stereocenters. The average Bonchev–Trinajstić information content (AvgIpc) is 2.94. The average molecular weight is 209 g/mol. The van der Waals surface area contributed by atoms with Crippen LogP contribution in [0.15, 0.2) is 0 Å². The van der Waals surface area contributed by atoms with Crippen LogP contribution in [0.5, 0.6) is 0 Å². The lowest BCUT2D eigenvalue weighted by molar-refractivity contribution is -0.123. The molecular formula is C10H15N3O2. The molecule has 0 aromatic carbocycles. The maximum Gasteiger partial charge on any atom is 0.221 e. The van der Waals surface area contributed by atoms with Gasteiger partial charge < -0.3 is 11.1 Å². The monoisotopic (exact) mass is 209 g/mol. The molecule has 82 valence electrons. The SMILES string of the molecule is C[C@@H](CCC(=O)NC1(C#N)CC1)C(N)=O. The molecule has 5 nitrogen and oxygen atoms in total. The fourth-order valence-corrected chi connectivity index (χ4v) is 1.21. The lowest BCUT2D eigenvalue weighted by Crippen LogP contribution is -2.36. The molecule has 1 atom stereocenters. The maximum absolute atomic E-state index is 11.4. The summed E-state index contributed by atoms with van der Waals surface area (Å²) >= 11 is 0. The number of nitrogens with two attached hydrogens (primary N) is 1. The van der Waals surface area contributed by atoms with Gasteiger partial charge in [-0.2, -0.15) is 5.26 Å². The number of nitrogens with one attached hydrogen (secondary N) is 1. The van der Waals surface area contributed by atoms with Crippen molar-refractivity contribution in [1.29, 1.82) is 5.26 Å². The smallest absolute Gasteiger partial charge is 0.221 e. The van der Waals surface area contributed by atoms with Crippen LogP contribution in [0.3, 0.4) is 0 Å². The molecule has 1 fully saturated rings. The number of carbonyl (C=O) groups excluding carboxylic acids is 2. The molecule has 1 rings (SSSR count). The van der Waals surface area contributed by atoms with Gasteiger partial charge in [0.25, 0.3) is 0 Å². The third kappa shape index (κ3) is 3.24. The van der Waals surface area contributed by atoms with Crippen LogP contribution in [0, 0.1) is 17.2 Å². The molecule has 1 saturated carbocycles. The van der Waals surface area contributed by atoms with E-state index in [2.05, 4.69) is 11.4 Å². The first-order valence-electron chi connectivity index (χ1n) is 5.01. The van der Waals surface area contributed by atoms with Crippen molar-refractivity contribution in [2.24, 2.45) is 11.7 Å². The van der Waals surface area contributed by atoms with Gasteiger partial charge in [0.2, 0.25) is 11.8 Å². The summed E-state index contributed by atoms with van der Waals surface area (Å²) in [7, 11) is 0. The van der Waals surface area contributed by atoms with E-state index in [4.69, 9.17) is 11.0 Å². The standard InChI is InChI=1S/C10H15N3O2/c1-7(9(12)15)2-3-8(14)13-10(6-11)4-5-10/h7H,2-5H2,1H3,(H2,12,15)(H,13,14)/t7-/m0/s1. The first kappa shape index (κ1) is 11.5. The summed E-state index contributed by atoms with van der Waals surface area (Å²) in [6.07, 6.45) is 2.12. The van der Waals surface area contributed by atoms with Gasteiger partial charge >= 0.3 is 0 Å². The van der Waals surface area contributed by atoms with Gasteiger partial charge in [0.1, 0.15) is 5.54 Å². The largest absolute Gasteiger partial charge is 0.369 e. The van der Waals surface area contributed by atoms with E-state index in [1.807, 2.05) is 0 Å². The van der Waals surface area contributed by atoms with E-state index in [9.17, 15) is 9.59 Å². The third-order valence-corrected chi connectivity index (χ3v) is 2.63. The molecule has 0 aromatic heterocycles. The number of hydrogen-bond donors (Lipinski definition) is 2. The van der Waals surface area contributed by atoms with Gasteiger partial charge in [0.05, 0.1) is 6.07 Å². The Balaban J connectivity index is 2.26. The van der Waals surface area contributed by atoms with Crippen molar-refractivity contribution in [2.75, 3.05) is 0 Å². The molecule has 3 N–H and O–H groups in total. The highest BCUT2D eigenvalue weighted by Crippen LogP contribution is 2.34. The Hall–Kier alpha value is -1.57. The summed E-state index contributed by atoms with van der Waals surface area (Å²) in [6, 6.07) is 2.07. The number of carbonyl (C=O) groups is 2. The molecule has 0 spiro atoms. The fourth-order valence-electron chi connectivity index (χ4n) is 1.21. The molecule has 0 aliphatic heterocycles. The van der Waals surface area contributed by atoms with Crippen molar-refractivity contribution in [3.63, 3.8) is 0 Å². The molecule has 5 heteroatoms. The topological polar surface area (TPSA) is 96.0 Å².